The van der Waals surface area contributed by atoms with Gasteiger partial charge in [0, 0.05) is 10.7 Å². The van der Waals surface area contributed by atoms with Crippen LogP contribution in [0.15, 0.2) is 54.0 Å². The van der Waals surface area contributed by atoms with Gasteiger partial charge in [0.25, 0.3) is 5.91 Å². The van der Waals surface area contributed by atoms with Crippen molar-refractivity contribution in [1.82, 2.24) is 4.98 Å². The van der Waals surface area contributed by atoms with Crippen molar-refractivity contribution in [2.75, 3.05) is 10.6 Å². The van der Waals surface area contributed by atoms with E-state index in [2.05, 4.69) is 15.6 Å². The van der Waals surface area contributed by atoms with Gasteiger partial charge in [-0.2, -0.15) is 0 Å². The van der Waals surface area contributed by atoms with Crippen LogP contribution in [-0.4, -0.2) is 10.9 Å². The molecular formula is C17H14ClN3OS. The number of nitrogens with one attached hydrogen (secondary N) is 2. The van der Waals surface area contributed by atoms with Crippen molar-refractivity contribution in [2.24, 2.45) is 0 Å². The topological polar surface area (TPSA) is 54.0 Å². The van der Waals surface area contributed by atoms with E-state index in [0.717, 1.165) is 16.9 Å². The lowest BCUT2D eigenvalue weighted by Crippen LogP contribution is -2.11. The number of hydrogen-bond acceptors (Lipinski definition) is 4. The van der Waals surface area contributed by atoms with E-state index in [1.54, 1.807) is 18.3 Å². The summed E-state index contributed by atoms with van der Waals surface area (Å²) < 4.78 is 0. The molecule has 116 valence electrons. The molecule has 6 heteroatoms. The number of nitrogens with zero attached hydrogens (tertiary/aromatic N) is 1. The molecule has 2 N–H and O–H groups in total. The Morgan fingerprint density at radius 3 is 2.74 bits per heavy atom. The van der Waals surface area contributed by atoms with E-state index >= 15 is 0 Å². The van der Waals surface area contributed by atoms with Crippen molar-refractivity contribution >= 4 is 46.0 Å². The maximum absolute atomic E-state index is 12.0. The number of rotatable bonds is 4. The summed E-state index contributed by atoms with van der Waals surface area (Å²) in [6, 6.07) is 12.9. The number of anilines is 3. The molecule has 0 spiro atoms. The quantitative estimate of drug-likeness (QED) is 0.692. The summed E-state index contributed by atoms with van der Waals surface area (Å²) >= 11 is 7.35. The first kappa shape index (κ1) is 15.5. The second-order valence-electron chi connectivity index (χ2n) is 4.95. The molecule has 0 unspecified atom stereocenters. The van der Waals surface area contributed by atoms with Gasteiger partial charge in [0.05, 0.1) is 16.8 Å². The smallest absolute Gasteiger partial charge is 0.266 e. The number of carbonyl (C=O) groups is 1. The molecule has 1 aromatic carbocycles. The zero-order valence-electron chi connectivity index (χ0n) is 12.3. The summed E-state index contributed by atoms with van der Waals surface area (Å²) in [5.74, 6) is 0.364. The summed E-state index contributed by atoms with van der Waals surface area (Å²) in [5.41, 5.74) is 2.85. The monoisotopic (exact) mass is 343 g/mol. The highest BCUT2D eigenvalue weighted by molar-refractivity contribution is 7.12. The van der Waals surface area contributed by atoms with E-state index in [-0.39, 0.29) is 5.91 Å². The third-order valence-corrected chi connectivity index (χ3v) is 4.32. The van der Waals surface area contributed by atoms with Crippen molar-refractivity contribution < 1.29 is 4.79 Å². The van der Waals surface area contributed by atoms with Crippen LogP contribution in [0.2, 0.25) is 5.02 Å². The number of hydrogen-bond donors (Lipinski definition) is 2. The van der Waals surface area contributed by atoms with E-state index in [9.17, 15) is 4.79 Å². The Morgan fingerprint density at radius 1 is 1.22 bits per heavy atom. The molecule has 0 saturated carbocycles. The van der Waals surface area contributed by atoms with Crippen LogP contribution in [0, 0.1) is 6.92 Å². The van der Waals surface area contributed by atoms with Gasteiger partial charge in [0.2, 0.25) is 0 Å². The Hall–Kier alpha value is -2.37. The molecule has 2 heterocycles. The van der Waals surface area contributed by atoms with Gasteiger partial charge in [-0.15, -0.1) is 11.3 Å². The molecule has 4 nitrogen and oxygen atoms in total. The average Bonchev–Trinajstić information content (AvgIpc) is 3.06. The van der Waals surface area contributed by atoms with Crippen molar-refractivity contribution in [2.45, 2.75) is 6.92 Å². The predicted molar refractivity (Wildman–Crippen MR) is 96.0 cm³/mol. The van der Waals surface area contributed by atoms with Gasteiger partial charge in [-0.3, -0.25) is 4.79 Å². The highest BCUT2D eigenvalue weighted by atomic mass is 35.5. The lowest BCUT2D eigenvalue weighted by atomic mass is 10.2. The van der Waals surface area contributed by atoms with Crippen molar-refractivity contribution in [3.05, 3.63) is 69.5 Å². The van der Waals surface area contributed by atoms with Crippen LogP contribution in [-0.2, 0) is 0 Å². The Morgan fingerprint density at radius 2 is 2.09 bits per heavy atom. The van der Waals surface area contributed by atoms with E-state index in [1.165, 1.54) is 11.3 Å². The number of carbonyl (C=O) groups excluding carboxylic acids is 1. The van der Waals surface area contributed by atoms with E-state index < -0.39 is 0 Å². The molecule has 0 fully saturated rings. The fraction of sp³-hybridized carbons (Fsp3) is 0.0588. The van der Waals surface area contributed by atoms with E-state index in [1.807, 2.05) is 42.6 Å². The average molecular weight is 344 g/mol. The molecule has 0 bridgehead atoms. The number of aromatic nitrogens is 1. The predicted octanol–water partition coefficient (Wildman–Crippen LogP) is 5.10. The first-order chi connectivity index (χ1) is 11.1. The largest absolute Gasteiger partial charge is 0.354 e. The van der Waals surface area contributed by atoms with Crippen LogP contribution in [0.4, 0.5) is 17.2 Å². The Labute approximate surface area is 143 Å². The van der Waals surface area contributed by atoms with Crippen molar-refractivity contribution in [3.8, 4) is 0 Å². The molecule has 0 aliphatic carbocycles. The van der Waals surface area contributed by atoms with Gasteiger partial charge in [0.1, 0.15) is 5.82 Å². The molecule has 3 aromatic rings. The molecular weight excluding hydrogens is 330 g/mol. The first-order valence-electron chi connectivity index (χ1n) is 6.96. The third kappa shape index (κ3) is 3.88. The van der Waals surface area contributed by atoms with Crippen LogP contribution in [0.3, 0.4) is 0 Å². The number of amides is 1. The minimum atomic E-state index is -0.151. The normalized spacial score (nSPS) is 10.3. The minimum Gasteiger partial charge on any atom is -0.354 e. The standard InChI is InChI=1S/C17H14ClN3OS/c1-11-9-12(18)4-6-14(11)20-13-5-7-16(19-10-13)21-17(22)15-3-2-8-23-15/h2-10,20H,1H3,(H,19,21,22). The molecule has 0 aliphatic heterocycles. The number of benzene rings is 1. The summed E-state index contributed by atoms with van der Waals surface area (Å²) in [6.45, 7) is 1.98. The van der Waals surface area contributed by atoms with Gasteiger partial charge in [0.15, 0.2) is 0 Å². The highest BCUT2D eigenvalue weighted by Gasteiger charge is 2.07. The molecule has 0 atom stereocenters. The SMILES string of the molecule is Cc1cc(Cl)ccc1Nc1ccc(NC(=O)c2cccs2)nc1. The highest BCUT2D eigenvalue weighted by Crippen LogP contribution is 2.23. The maximum atomic E-state index is 12.0. The molecule has 3 rings (SSSR count). The minimum absolute atomic E-state index is 0.151. The second kappa shape index (κ2) is 6.81. The van der Waals surface area contributed by atoms with Crippen LogP contribution >= 0.6 is 22.9 Å². The number of halogens is 1. The van der Waals surface area contributed by atoms with Gasteiger partial charge < -0.3 is 10.6 Å². The molecule has 0 saturated heterocycles. The lowest BCUT2D eigenvalue weighted by molar-refractivity contribution is 0.103. The van der Waals surface area contributed by atoms with Crippen LogP contribution < -0.4 is 10.6 Å². The zero-order chi connectivity index (χ0) is 16.2. The molecule has 1 amide bonds. The fourth-order valence-corrected chi connectivity index (χ4v) is 2.90. The summed E-state index contributed by atoms with van der Waals surface area (Å²) in [7, 11) is 0. The van der Waals surface area contributed by atoms with Gasteiger partial charge >= 0.3 is 0 Å². The van der Waals surface area contributed by atoms with Crippen molar-refractivity contribution in [1.29, 1.82) is 0 Å². The van der Waals surface area contributed by atoms with Gasteiger partial charge in [-0.25, -0.2) is 4.98 Å². The van der Waals surface area contributed by atoms with Gasteiger partial charge in [-0.05, 0) is 54.3 Å². The third-order valence-electron chi connectivity index (χ3n) is 3.22. The fourth-order valence-electron chi connectivity index (χ4n) is 2.05. The van der Waals surface area contributed by atoms with E-state index in [0.29, 0.717) is 15.7 Å². The molecule has 0 aliphatic rings. The molecule has 2 aromatic heterocycles. The summed E-state index contributed by atoms with van der Waals surface area (Å²) in [6.07, 6.45) is 1.68. The van der Waals surface area contributed by atoms with Crippen LogP contribution in [0.25, 0.3) is 0 Å². The van der Waals surface area contributed by atoms with E-state index in [4.69, 9.17) is 11.6 Å². The first-order valence-corrected chi connectivity index (χ1v) is 8.22. The summed E-state index contributed by atoms with van der Waals surface area (Å²) in [4.78, 5) is 16.9. The van der Waals surface area contributed by atoms with Crippen molar-refractivity contribution in [3.63, 3.8) is 0 Å². The Kier molecular flexibility index (Phi) is 4.60. The number of pyridine rings is 1. The maximum Gasteiger partial charge on any atom is 0.266 e. The van der Waals surface area contributed by atoms with Crippen LogP contribution in [0.5, 0.6) is 0 Å². The Bertz CT molecular complexity index is 816. The number of aryl methyl sites for hydroxylation is 1. The lowest BCUT2D eigenvalue weighted by Gasteiger charge is -2.10. The number of thiophene rings is 1. The summed E-state index contributed by atoms with van der Waals surface area (Å²) in [5, 5.41) is 8.62. The second-order valence-corrected chi connectivity index (χ2v) is 6.33. The van der Waals surface area contributed by atoms with Crippen LogP contribution in [0.1, 0.15) is 15.2 Å². The molecule has 0 radical (unpaired) electrons. The Balaban J connectivity index is 1.68. The van der Waals surface area contributed by atoms with Gasteiger partial charge in [-0.1, -0.05) is 17.7 Å². The zero-order valence-corrected chi connectivity index (χ0v) is 13.9. The molecule has 23 heavy (non-hydrogen) atoms.